The van der Waals surface area contributed by atoms with E-state index in [2.05, 4.69) is 36.5 Å². The molecule has 1 fully saturated rings. The molecule has 3 heteroatoms. The van der Waals surface area contributed by atoms with E-state index in [9.17, 15) is 4.39 Å². The molecule has 0 aliphatic heterocycles. The predicted molar refractivity (Wildman–Crippen MR) is 81.7 cm³/mol. The van der Waals surface area contributed by atoms with Gasteiger partial charge in [0.05, 0.1) is 11.1 Å². The van der Waals surface area contributed by atoms with Crippen molar-refractivity contribution in [2.75, 3.05) is 5.32 Å². The zero-order chi connectivity index (χ0) is 14.1. The molecule has 1 nitrogen and oxygen atoms in total. The zero-order valence-electron chi connectivity index (χ0n) is 11.4. The van der Waals surface area contributed by atoms with Crippen LogP contribution in [0.1, 0.15) is 30.0 Å². The molecule has 2 aromatic rings. The Balaban J connectivity index is 1.84. The number of hydrogen-bond acceptors (Lipinski definition) is 1. The molecule has 1 saturated carbocycles. The summed E-state index contributed by atoms with van der Waals surface area (Å²) in [7, 11) is 0. The second-order valence-corrected chi connectivity index (χ2v) is 5.91. The van der Waals surface area contributed by atoms with Crippen molar-refractivity contribution in [1.82, 2.24) is 0 Å². The molecule has 0 aromatic heterocycles. The average molecular weight is 290 g/mol. The van der Waals surface area contributed by atoms with Gasteiger partial charge in [-0.1, -0.05) is 41.4 Å². The van der Waals surface area contributed by atoms with Gasteiger partial charge in [0.2, 0.25) is 0 Å². The van der Waals surface area contributed by atoms with Crippen LogP contribution in [0.2, 0.25) is 5.02 Å². The lowest BCUT2D eigenvalue weighted by atomic mass is 10.0. The van der Waals surface area contributed by atoms with Crippen LogP contribution in [0.4, 0.5) is 10.1 Å². The van der Waals surface area contributed by atoms with E-state index < -0.39 is 0 Å². The van der Waals surface area contributed by atoms with Gasteiger partial charge in [0, 0.05) is 5.69 Å². The van der Waals surface area contributed by atoms with E-state index in [1.807, 2.05) is 6.07 Å². The van der Waals surface area contributed by atoms with E-state index in [4.69, 9.17) is 11.6 Å². The molecule has 20 heavy (non-hydrogen) atoms. The third kappa shape index (κ3) is 2.96. The fraction of sp³-hybridized carbons (Fsp3) is 0.294. The Labute approximate surface area is 123 Å². The summed E-state index contributed by atoms with van der Waals surface area (Å²) in [5, 5.41) is 3.61. The van der Waals surface area contributed by atoms with Gasteiger partial charge in [0.15, 0.2) is 0 Å². The molecule has 2 aromatic carbocycles. The number of anilines is 1. The first-order valence-corrected chi connectivity index (χ1v) is 7.29. The molecule has 1 aliphatic rings. The quantitative estimate of drug-likeness (QED) is 0.800. The molecule has 1 unspecified atom stereocenters. The van der Waals surface area contributed by atoms with Crippen LogP contribution in [0.15, 0.2) is 42.5 Å². The Bertz CT molecular complexity index is 605. The lowest BCUT2D eigenvalue weighted by Gasteiger charge is -2.20. The summed E-state index contributed by atoms with van der Waals surface area (Å²) in [6.07, 6.45) is 2.45. The summed E-state index contributed by atoms with van der Waals surface area (Å²) in [5.41, 5.74) is 3.29. The molecule has 0 radical (unpaired) electrons. The molecule has 0 bridgehead atoms. The fourth-order valence-corrected chi connectivity index (χ4v) is 2.56. The van der Waals surface area contributed by atoms with Gasteiger partial charge >= 0.3 is 0 Å². The van der Waals surface area contributed by atoms with Crippen molar-refractivity contribution >= 4 is 17.3 Å². The molecule has 0 saturated heterocycles. The number of nitrogens with one attached hydrogen (secondary N) is 1. The van der Waals surface area contributed by atoms with Gasteiger partial charge in [-0.15, -0.1) is 0 Å². The van der Waals surface area contributed by atoms with Gasteiger partial charge in [-0.2, -0.15) is 0 Å². The minimum atomic E-state index is -0.380. The number of aryl methyl sites for hydroxylation is 1. The first kappa shape index (κ1) is 13.4. The fourth-order valence-electron chi connectivity index (χ4n) is 2.44. The van der Waals surface area contributed by atoms with Crippen molar-refractivity contribution < 1.29 is 4.39 Å². The normalized spacial score (nSPS) is 15.9. The molecule has 0 spiro atoms. The van der Waals surface area contributed by atoms with Gasteiger partial charge in [0.1, 0.15) is 5.82 Å². The van der Waals surface area contributed by atoms with E-state index in [0.717, 1.165) is 5.69 Å². The number of halogens is 2. The third-order valence-electron chi connectivity index (χ3n) is 3.77. The van der Waals surface area contributed by atoms with Gasteiger partial charge in [-0.3, -0.25) is 0 Å². The van der Waals surface area contributed by atoms with Gasteiger partial charge < -0.3 is 5.32 Å². The maximum Gasteiger partial charge on any atom is 0.143 e. The minimum Gasteiger partial charge on any atom is -0.378 e. The smallest absolute Gasteiger partial charge is 0.143 e. The van der Waals surface area contributed by atoms with Crippen molar-refractivity contribution in [2.24, 2.45) is 5.92 Å². The SMILES string of the molecule is Cc1ccc(C(Nc2ccc(Cl)c(F)c2)C2CC2)cc1. The lowest BCUT2D eigenvalue weighted by molar-refractivity contribution is 0.626. The Hall–Kier alpha value is -1.54. The first-order valence-electron chi connectivity index (χ1n) is 6.91. The summed E-state index contributed by atoms with van der Waals surface area (Å²) in [6, 6.07) is 13.7. The molecular formula is C17H17ClFN. The average Bonchev–Trinajstić information content (AvgIpc) is 3.26. The van der Waals surface area contributed by atoms with E-state index in [1.54, 1.807) is 6.07 Å². The Morgan fingerprint density at radius 2 is 1.85 bits per heavy atom. The van der Waals surface area contributed by atoms with E-state index in [-0.39, 0.29) is 16.9 Å². The van der Waals surface area contributed by atoms with Crippen molar-refractivity contribution in [3.8, 4) is 0 Å². The Morgan fingerprint density at radius 1 is 1.15 bits per heavy atom. The summed E-state index contributed by atoms with van der Waals surface area (Å²) in [6.45, 7) is 2.08. The molecule has 0 heterocycles. The predicted octanol–water partition coefficient (Wildman–Crippen LogP) is 5.35. The molecule has 1 N–H and O–H groups in total. The molecular weight excluding hydrogens is 273 g/mol. The Morgan fingerprint density at radius 3 is 2.45 bits per heavy atom. The second-order valence-electron chi connectivity index (χ2n) is 5.50. The van der Waals surface area contributed by atoms with Gasteiger partial charge in [-0.05, 0) is 49.4 Å². The van der Waals surface area contributed by atoms with E-state index >= 15 is 0 Å². The van der Waals surface area contributed by atoms with Crippen molar-refractivity contribution in [3.63, 3.8) is 0 Å². The van der Waals surface area contributed by atoms with Crippen LogP contribution in [0, 0.1) is 18.7 Å². The first-order chi connectivity index (χ1) is 9.63. The maximum absolute atomic E-state index is 13.5. The highest BCUT2D eigenvalue weighted by molar-refractivity contribution is 6.30. The minimum absolute atomic E-state index is 0.161. The molecule has 0 amide bonds. The van der Waals surface area contributed by atoms with Crippen LogP contribution in [-0.4, -0.2) is 0 Å². The lowest BCUT2D eigenvalue weighted by Crippen LogP contribution is -2.13. The van der Waals surface area contributed by atoms with Gasteiger partial charge in [0.25, 0.3) is 0 Å². The largest absolute Gasteiger partial charge is 0.378 e. The summed E-state index contributed by atoms with van der Waals surface area (Å²) < 4.78 is 13.5. The maximum atomic E-state index is 13.5. The zero-order valence-corrected chi connectivity index (χ0v) is 12.1. The highest BCUT2D eigenvalue weighted by Crippen LogP contribution is 2.43. The van der Waals surface area contributed by atoms with Crippen molar-refractivity contribution in [2.45, 2.75) is 25.8 Å². The highest BCUT2D eigenvalue weighted by Gasteiger charge is 2.32. The molecule has 104 valence electrons. The molecule has 1 aliphatic carbocycles. The number of rotatable bonds is 4. The van der Waals surface area contributed by atoms with Gasteiger partial charge in [-0.25, -0.2) is 4.39 Å². The second kappa shape index (κ2) is 5.45. The summed E-state index contributed by atoms with van der Waals surface area (Å²) in [5.74, 6) is 0.256. The van der Waals surface area contributed by atoms with E-state index in [0.29, 0.717) is 5.92 Å². The van der Waals surface area contributed by atoms with Crippen LogP contribution >= 0.6 is 11.6 Å². The monoisotopic (exact) mass is 289 g/mol. The van der Waals surface area contributed by atoms with E-state index in [1.165, 1.54) is 30.0 Å². The molecule has 3 rings (SSSR count). The van der Waals surface area contributed by atoms with Crippen molar-refractivity contribution in [1.29, 1.82) is 0 Å². The van der Waals surface area contributed by atoms with Crippen LogP contribution < -0.4 is 5.32 Å². The summed E-state index contributed by atoms with van der Waals surface area (Å²) >= 11 is 5.72. The third-order valence-corrected chi connectivity index (χ3v) is 4.08. The highest BCUT2D eigenvalue weighted by atomic mass is 35.5. The van der Waals surface area contributed by atoms with Crippen molar-refractivity contribution in [3.05, 3.63) is 64.4 Å². The standard InChI is InChI=1S/C17H17ClFN/c1-11-2-4-12(5-3-11)17(13-6-7-13)20-14-8-9-15(18)16(19)10-14/h2-5,8-10,13,17,20H,6-7H2,1H3. The van der Waals surface area contributed by atoms with Crippen LogP contribution in [0.5, 0.6) is 0 Å². The van der Waals surface area contributed by atoms with Crippen LogP contribution in [-0.2, 0) is 0 Å². The van der Waals surface area contributed by atoms with Crippen LogP contribution in [0.25, 0.3) is 0 Å². The van der Waals surface area contributed by atoms with Crippen LogP contribution in [0.3, 0.4) is 0 Å². The topological polar surface area (TPSA) is 12.0 Å². The summed E-state index contributed by atoms with van der Waals surface area (Å²) in [4.78, 5) is 0. The Kier molecular flexibility index (Phi) is 3.66. The number of hydrogen-bond donors (Lipinski definition) is 1. The number of benzene rings is 2. The molecule has 1 atom stereocenters.